The van der Waals surface area contributed by atoms with Crippen LogP contribution in [0.2, 0.25) is 5.02 Å². The Hall–Kier alpha value is -2.98. The van der Waals surface area contributed by atoms with E-state index >= 15 is 0 Å². The lowest BCUT2D eigenvalue weighted by molar-refractivity contribution is -0.137. The van der Waals surface area contributed by atoms with Gasteiger partial charge in [-0.2, -0.15) is 0 Å². The van der Waals surface area contributed by atoms with Crippen molar-refractivity contribution in [2.24, 2.45) is 0 Å². The third kappa shape index (κ3) is 7.04. The minimum Gasteiger partial charge on any atom is -0.480 e. The lowest BCUT2D eigenvalue weighted by Gasteiger charge is -2.17. The van der Waals surface area contributed by atoms with Crippen molar-refractivity contribution in [1.29, 1.82) is 0 Å². The van der Waals surface area contributed by atoms with Crippen LogP contribution in [0, 0.1) is 0 Å². The van der Waals surface area contributed by atoms with Crippen molar-refractivity contribution >= 4 is 23.3 Å². The van der Waals surface area contributed by atoms with Crippen molar-refractivity contribution in [3.8, 4) is 11.5 Å². The maximum Gasteiger partial charge on any atom is 0.326 e. The fraction of sp³-hybridized carbons (Fsp3) is 0.136. The van der Waals surface area contributed by atoms with E-state index in [1.165, 1.54) is 0 Å². The number of anilines is 1. The van der Waals surface area contributed by atoms with Crippen LogP contribution in [-0.4, -0.2) is 17.1 Å². The molecule has 5 heteroatoms. The molecule has 0 heterocycles. The second-order valence-corrected chi connectivity index (χ2v) is 6.10. The molecular weight excluding hydrogens is 362 g/mol. The van der Waals surface area contributed by atoms with Gasteiger partial charge < -0.3 is 15.2 Å². The fourth-order valence-electron chi connectivity index (χ4n) is 2.25. The molecule has 0 aliphatic carbocycles. The van der Waals surface area contributed by atoms with Gasteiger partial charge >= 0.3 is 5.97 Å². The molecule has 4 nitrogen and oxygen atoms in total. The highest BCUT2D eigenvalue weighted by molar-refractivity contribution is 6.30. The predicted molar refractivity (Wildman–Crippen MR) is 111 cm³/mol. The number of carbonyl (C=O) groups is 1. The van der Waals surface area contributed by atoms with E-state index < -0.39 is 12.0 Å². The second-order valence-electron chi connectivity index (χ2n) is 5.66. The molecule has 2 aromatic rings. The molecule has 0 spiro atoms. The molecule has 0 fully saturated rings. The first kappa shape index (κ1) is 20.3. The third-order valence-electron chi connectivity index (χ3n) is 3.59. The van der Waals surface area contributed by atoms with Crippen LogP contribution in [0.3, 0.4) is 0 Å². The lowest BCUT2D eigenvalue weighted by Crippen LogP contribution is -2.28. The normalized spacial score (nSPS) is 12.7. The number of allylic oxidation sites excluding steroid dienone is 5. The van der Waals surface area contributed by atoms with Crippen LogP contribution in [0.4, 0.5) is 5.69 Å². The van der Waals surface area contributed by atoms with Gasteiger partial charge in [-0.05, 0) is 49.7 Å². The number of rotatable bonds is 9. The summed E-state index contributed by atoms with van der Waals surface area (Å²) < 4.78 is 5.86. The van der Waals surface area contributed by atoms with Gasteiger partial charge in [-0.15, -0.1) is 0 Å². The van der Waals surface area contributed by atoms with Gasteiger partial charge in [-0.1, -0.05) is 60.2 Å². The largest absolute Gasteiger partial charge is 0.480 e. The molecule has 2 rings (SSSR count). The summed E-state index contributed by atoms with van der Waals surface area (Å²) >= 11 is 5.89. The zero-order valence-electron chi connectivity index (χ0n) is 15.0. The van der Waals surface area contributed by atoms with Crippen molar-refractivity contribution < 1.29 is 14.6 Å². The standard InChI is InChI=1S/C22H22ClNO3/c1-2-3-4-5-6-7-11-20(22(25)26)24-19-10-8-9-12-21(19)27-18-15-13-17(23)14-16-18/h2-10,12-16,20,24H,11H2,1H3,(H,25,26)/b3-2-,5-4-,7-6+/t20-/m0/s1. The summed E-state index contributed by atoms with van der Waals surface area (Å²) in [5.74, 6) is 0.232. The summed E-state index contributed by atoms with van der Waals surface area (Å²) in [6.45, 7) is 1.93. The molecule has 0 bridgehead atoms. The van der Waals surface area contributed by atoms with Gasteiger partial charge in [0.15, 0.2) is 5.75 Å². The molecule has 2 aromatic carbocycles. The SMILES string of the molecule is C\C=C/C=C\C=C\C[C@H](Nc1ccccc1Oc1ccc(Cl)cc1)C(=O)O. The Labute approximate surface area is 164 Å². The molecule has 0 saturated carbocycles. The maximum absolute atomic E-state index is 11.6. The zero-order chi connectivity index (χ0) is 19.5. The monoisotopic (exact) mass is 383 g/mol. The van der Waals surface area contributed by atoms with Crippen LogP contribution < -0.4 is 10.1 Å². The number of benzene rings is 2. The van der Waals surface area contributed by atoms with Gasteiger partial charge in [0.2, 0.25) is 0 Å². The molecule has 1 atom stereocenters. The van der Waals surface area contributed by atoms with E-state index in [2.05, 4.69) is 5.32 Å². The number of nitrogens with one attached hydrogen (secondary N) is 1. The highest BCUT2D eigenvalue weighted by Crippen LogP contribution is 2.30. The molecule has 0 amide bonds. The van der Waals surface area contributed by atoms with Crippen LogP contribution in [-0.2, 0) is 4.79 Å². The molecule has 0 unspecified atom stereocenters. The van der Waals surface area contributed by atoms with Gasteiger partial charge in [0.05, 0.1) is 5.69 Å². The van der Waals surface area contributed by atoms with E-state index in [-0.39, 0.29) is 0 Å². The predicted octanol–water partition coefficient (Wildman–Crippen LogP) is 6.08. The molecule has 27 heavy (non-hydrogen) atoms. The first-order chi connectivity index (χ1) is 13.1. The van der Waals surface area contributed by atoms with E-state index in [0.717, 1.165) is 0 Å². The van der Waals surface area contributed by atoms with Gasteiger partial charge in [0.25, 0.3) is 0 Å². The number of hydrogen-bond acceptors (Lipinski definition) is 3. The smallest absolute Gasteiger partial charge is 0.326 e. The number of hydrogen-bond donors (Lipinski definition) is 2. The van der Waals surface area contributed by atoms with Gasteiger partial charge in [0, 0.05) is 5.02 Å². The highest BCUT2D eigenvalue weighted by Gasteiger charge is 2.17. The highest BCUT2D eigenvalue weighted by atomic mass is 35.5. The van der Waals surface area contributed by atoms with Crippen molar-refractivity contribution in [3.05, 3.63) is 90.0 Å². The van der Waals surface area contributed by atoms with E-state index in [1.807, 2.05) is 55.5 Å². The summed E-state index contributed by atoms with van der Waals surface area (Å²) in [5.41, 5.74) is 0.609. The Balaban J connectivity index is 2.09. The Bertz CT molecular complexity index is 826. The summed E-state index contributed by atoms with van der Waals surface area (Å²) in [7, 11) is 0. The number of para-hydroxylation sites is 2. The number of carboxylic acids is 1. The molecule has 140 valence electrons. The van der Waals surface area contributed by atoms with E-state index in [0.29, 0.717) is 28.6 Å². The second kappa shape index (κ2) is 10.9. The fourth-order valence-corrected chi connectivity index (χ4v) is 2.37. The summed E-state index contributed by atoms with van der Waals surface area (Å²) in [5, 5.41) is 13.2. The van der Waals surface area contributed by atoms with Crippen molar-refractivity contribution in [2.45, 2.75) is 19.4 Å². The van der Waals surface area contributed by atoms with Crippen molar-refractivity contribution in [1.82, 2.24) is 0 Å². The molecule has 0 radical (unpaired) electrons. The lowest BCUT2D eigenvalue weighted by atomic mass is 10.1. The summed E-state index contributed by atoms with van der Waals surface area (Å²) in [6.07, 6.45) is 11.5. The number of halogens is 1. The summed E-state index contributed by atoms with van der Waals surface area (Å²) in [6, 6.07) is 13.4. The molecular formula is C22H22ClNO3. The van der Waals surface area contributed by atoms with E-state index in [9.17, 15) is 9.90 Å². The van der Waals surface area contributed by atoms with Crippen LogP contribution in [0.25, 0.3) is 0 Å². The molecule has 0 aliphatic rings. The minimum atomic E-state index is -0.932. The zero-order valence-corrected chi connectivity index (χ0v) is 15.8. The first-order valence-electron chi connectivity index (χ1n) is 8.56. The minimum absolute atomic E-state index is 0.338. The summed E-state index contributed by atoms with van der Waals surface area (Å²) in [4.78, 5) is 11.6. The van der Waals surface area contributed by atoms with Gasteiger partial charge in [-0.3, -0.25) is 0 Å². The van der Waals surface area contributed by atoms with Crippen molar-refractivity contribution in [2.75, 3.05) is 5.32 Å². The first-order valence-corrected chi connectivity index (χ1v) is 8.94. The molecule has 0 saturated heterocycles. The Morgan fingerprint density at radius 1 is 1.11 bits per heavy atom. The molecule has 2 N–H and O–H groups in total. The van der Waals surface area contributed by atoms with Gasteiger partial charge in [0.1, 0.15) is 11.8 Å². The number of aliphatic carboxylic acids is 1. The quantitative estimate of drug-likeness (QED) is 0.515. The van der Waals surface area contributed by atoms with Crippen LogP contribution in [0.1, 0.15) is 13.3 Å². The number of carboxylic acid groups (broad SMARTS) is 1. The molecule has 0 aromatic heterocycles. The van der Waals surface area contributed by atoms with Gasteiger partial charge in [-0.25, -0.2) is 4.79 Å². The maximum atomic E-state index is 11.6. The van der Waals surface area contributed by atoms with Crippen molar-refractivity contribution in [3.63, 3.8) is 0 Å². The Morgan fingerprint density at radius 3 is 2.52 bits per heavy atom. The van der Waals surface area contributed by atoms with E-state index in [1.54, 1.807) is 36.4 Å². The average Bonchev–Trinajstić information content (AvgIpc) is 2.66. The Kier molecular flexibility index (Phi) is 8.20. The topological polar surface area (TPSA) is 58.6 Å². The van der Waals surface area contributed by atoms with E-state index in [4.69, 9.17) is 16.3 Å². The average molecular weight is 384 g/mol. The third-order valence-corrected chi connectivity index (χ3v) is 3.84. The Morgan fingerprint density at radius 2 is 1.81 bits per heavy atom. The molecule has 0 aliphatic heterocycles. The van der Waals surface area contributed by atoms with Crippen LogP contribution in [0.5, 0.6) is 11.5 Å². The van der Waals surface area contributed by atoms with Crippen LogP contribution >= 0.6 is 11.6 Å². The number of ether oxygens (including phenoxy) is 1. The van der Waals surface area contributed by atoms with Crippen LogP contribution in [0.15, 0.2) is 85.0 Å².